The number of hydroxylamine groups is 1. The monoisotopic (exact) mass is 311 g/mol. The first-order valence-electron chi connectivity index (χ1n) is 7.96. The minimum absolute atomic E-state index is 0.447. The number of pyridine rings is 1. The summed E-state index contributed by atoms with van der Waals surface area (Å²) in [6.45, 7) is 2.86. The molecule has 1 saturated carbocycles. The van der Waals surface area contributed by atoms with Gasteiger partial charge in [-0.15, -0.1) is 0 Å². The van der Waals surface area contributed by atoms with Gasteiger partial charge in [0.1, 0.15) is 5.75 Å². The number of rotatable bonds is 6. The van der Waals surface area contributed by atoms with Crippen molar-refractivity contribution >= 4 is 5.84 Å². The molecule has 1 aliphatic carbocycles. The van der Waals surface area contributed by atoms with Gasteiger partial charge in [0.25, 0.3) is 0 Å². The molecule has 1 fully saturated rings. The number of nitrogens with one attached hydrogen (secondary N) is 1. The van der Waals surface area contributed by atoms with Gasteiger partial charge >= 0.3 is 0 Å². The number of benzene rings is 1. The number of aryl methyl sites for hydroxylation is 1. The minimum atomic E-state index is 0.447. The summed E-state index contributed by atoms with van der Waals surface area (Å²) in [5.41, 5.74) is 4.16. The number of aliphatic imine (C=N–C) groups is 1. The van der Waals surface area contributed by atoms with Crippen LogP contribution in [0.2, 0.25) is 0 Å². The summed E-state index contributed by atoms with van der Waals surface area (Å²) in [7, 11) is 0. The Morgan fingerprint density at radius 1 is 1.26 bits per heavy atom. The molecular formula is C18H21N3O2. The standard InChI is InChI=1S/C18H21N3O2/c1-2-13-5-8-16(9-6-13)23-17-10-7-15(12-19-17)18(21-22)20-11-14-3-4-14/h5-10,12,14,22H,2-4,11H2,1H3,(H,20,21). The van der Waals surface area contributed by atoms with E-state index in [4.69, 9.17) is 4.74 Å². The van der Waals surface area contributed by atoms with E-state index in [1.165, 1.54) is 18.4 Å². The van der Waals surface area contributed by atoms with Gasteiger partial charge in [0, 0.05) is 24.4 Å². The highest BCUT2D eigenvalue weighted by Gasteiger charge is 2.20. The smallest absolute Gasteiger partial charge is 0.219 e. The second-order valence-electron chi connectivity index (χ2n) is 5.73. The molecule has 0 amide bonds. The van der Waals surface area contributed by atoms with Gasteiger partial charge in [-0.2, -0.15) is 0 Å². The van der Waals surface area contributed by atoms with Crippen LogP contribution in [0.4, 0.5) is 0 Å². The lowest BCUT2D eigenvalue weighted by Gasteiger charge is -2.08. The highest BCUT2D eigenvalue weighted by atomic mass is 16.5. The fraction of sp³-hybridized carbons (Fsp3) is 0.333. The van der Waals surface area contributed by atoms with Gasteiger partial charge < -0.3 is 4.74 Å². The summed E-state index contributed by atoms with van der Waals surface area (Å²) >= 11 is 0. The zero-order chi connectivity index (χ0) is 16.1. The van der Waals surface area contributed by atoms with Crippen molar-refractivity contribution in [2.24, 2.45) is 10.9 Å². The lowest BCUT2D eigenvalue weighted by molar-refractivity contribution is 0.234. The average molecular weight is 311 g/mol. The van der Waals surface area contributed by atoms with Crippen LogP contribution in [0.3, 0.4) is 0 Å². The Kier molecular flexibility index (Phi) is 4.88. The van der Waals surface area contributed by atoms with Gasteiger partial charge in [-0.05, 0) is 48.9 Å². The Morgan fingerprint density at radius 3 is 2.61 bits per heavy atom. The summed E-state index contributed by atoms with van der Waals surface area (Å²) in [4.78, 5) is 8.66. The normalized spacial score (nSPS) is 14.6. The van der Waals surface area contributed by atoms with E-state index in [-0.39, 0.29) is 0 Å². The first-order chi connectivity index (χ1) is 11.3. The maximum Gasteiger partial charge on any atom is 0.219 e. The van der Waals surface area contributed by atoms with Crippen molar-refractivity contribution in [3.8, 4) is 11.6 Å². The predicted molar refractivity (Wildman–Crippen MR) is 89.2 cm³/mol. The lowest BCUT2D eigenvalue weighted by atomic mass is 10.2. The Labute approximate surface area is 136 Å². The molecule has 120 valence electrons. The summed E-state index contributed by atoms with van der Waals surface area (Å²) in [5, 5.41) is 9.23. The zero-order valence-electron chi connectivity index (χ0n) is 13.2. The Morgan fingerprint density at radius 2 is 2.04 bits per heavy atom. The number of hydrogen-bond acceptors (Lipinski definition) is 4. The summed E-state index contributed by atoms with van der Waals surface area (Å²) in [6, 6.07) is 11.6. The maximum absolute atomic E-state index is 9.23. The second kappa shape index (κ2) is 7.24. The second-order valence-corrected chi connectivity index (χ2v) is 5.73. The lowest BCUT2D eigenvalue weighted by Crippen LogP contribution is -2.21. The van der Waals surface area contributed by atoms with Crippen LogP contribution in [0.25, 0.3) is 0 Å². The Balaban J connectivity index is 1.66. The van der Waals surface area contributed by atoms with Crippen LogP contribution < -0.4 is 10.2 Å². The van der Waals surface area contributed by atoms with E-state index in [0.29, 0.717) is 17.6 Å². The fourth-order valence-corrected chi connectivity index (χ4v) is 2.21. The average Bonchev–Trinajstić information content (AvgIpc) is 3.42. The number of nitrogens with zero attached hydrogens (tertiary/aromatic N) is 2. The van der Waals surface area contributed by atoms with Crippen LogP contribution in [0, 0.1) is 5.92 Å². The van der Waals surface area contributed by atoms with Crippen LogP contribution in [0.5, 0.6) is 11.6 Å². The van der Waals surface area contributed by atoms with E-state index in [1.54, 1.807) is 12.3 Å². The van der Waals surface area contributed by atoms with Gasteiger partial charge in [0.2, 0.25) is 5.88 Å². The van der Waals surface area contributed by atoms with E-state index >= 15 is 0 Å². The number of aromatic nitrogens is 1. The van der Waals surface area contributed by atoms with Crippen molar-refractivity contribution in [1.29, 1.82) is 0 Å². The van der Waals surface area contributed by atoms with Crippen molar-refractivity contribution in [2.45, 2.75) is 26.2 Å². The van der Waals surface area contributed by atoms with Crippen LogP contribution >= 0.6 is 0 Å². The van der Waals surface area contributed by atoms with Gasteiger partial charge in [-0.3, -0.25) is 15.7 Å². The number of amidine groups is 1. The number of hydrogen-bond donors (Lipinski definition) is 2. The molecule has 0 spiro atoms. The molecule has 0 atom stereocenters. The molecule has 23 heavy (non-hydrogen) atoms. The molecule has 1 aromatic heterocycles. The molecule has 2 aromatic rings. The third kappa shape index (κ3) is 4.29. The first kappa shape index (κ1) is 15.5. The largest absolute Gasteiger partial charge is 0.439 e. The zero-order valence-corrected chi connectivity index (χ0v) is 13.2. The fourth-order valence-electron chi connectivity index (χ4n) is 2.21. The third-order valence-corrected chi connectivity index (χ3v) is 3.87. The highest BCUT2D eigenvalue weighted by molar-refractivity contribution is 5.97. The van der Waals surface area contributed by atoms with Gasteiger partial charge in [0.05, 0.1) is 0 Å². The molecule has 0 radical (unpaired) electrons. The van der Waals surface area contributed by atoms with Crippen molar-refractivity contribution in [1.82, 2.24) is 10.5 Å². The third-order valence-electron chi connectivity index (χ3n) is 3.87. The molecular weight excluding hydrogens is 290 g/mol. The Bertz CT molecular complexity index is 662. The van der Waals surface area contributed by atoms with Crippen molar-refractivity contribution in [3.63, 3.8) is 0 Å². The molecule has 2 N–H and O–H groups in total. The first-order valence-corrected chi connectivity index (χ1v) is 7.96. The molecule has 3 rings (SSSR count). The van der Waals surface area contributed by atoms with E-state index in [1.807, 2.05) is 30.3 Å². The van der Waals surface area contributed by atoms with Crippen molar-refractivity contribution in [2.75, 3.05) is 6.54 Å². The van der Waals surface area contributed by atoms with Crippen LogP contribution in [0.15, 0.2) is 47.6 Å². The van der Waals surface area contributed by atoms with E-state index < -0.39 is 0 Å². The van der Waals surface area contributed by atoms with E-state index in [9.17, 15) is 5.21 Å². The van der Waals surface area contributed by atoms with Crippen LogP contribution in [-0.2, 0) is 6.42 Å². The van der Waals surface area contributed by atoms with Crippen molar-refractivity contribution in [3.05, 3.63) is 53.7 Å². The predicted octanol–water partition coefficient (Wildman–Crippen LogP) is 3.57. The molecule has 5 nitrogen and oxygen atoms in total. The molecule has 0 bridgehead atoms. The van der Waals surface area contributed by atoms with Gasteiger partial charge in [-0.1, -0.05) is 19.1 Å². The Hall–Kier alpha value is -2.40. The molecule has 5 heteroatoms. The summed E-state index contributed by atoms with van der Waals surface area (Å²) in [5.74, 6) is 2.38. The molecule has 0 saturated heterocycles. The minimum Gasteiger partial charge on any atom is -0.439 e. The highest BCUT2D eigenvalue weighted by Crippen LogP contribution is 2.29. The van der Waals surface area contributed by atoms with E-state index in [0.717, 1.165) is 24.3 Å². The summed E-state index contributed by atoms with van der Waals surface area (Å²) < 4.78 is 5.72. The molecule has 1 heterocycles. The van der Waals surface area contributed by atoms with Crippen molar-refractivity contribution < 1.29 is 9.94 Å². The molecule has 1 aliphatic rings. The SMILES string of the molecule is CCc1ccc(Oc2ccc(C(=NCC3CC3)NO)cn2)cc1. The number of ether oxygens (including phenoxy) is 1. The van der Waals surface area contributed by atoms with E-state index in [2.05, 4.69) is 22.4 Å². The van der Waals surface area contributed by atoms with Crippen LogP contribution in [-0.4, -0.2) is 22.6 Å². The molecule has 0 aliphatic heterocycles. The topological polar surface area (TPSA) is 66.7 Å². The molecule has 0 unspecified atom stereocenters. The summed E-state index contributed by atoms with van der Waals surface area (Å²) in [6.07, 6.45) is 5.10. The quantitative estimate of drug-likeness (QED) is 0.486. The van der Waals surface area contributed by atoms with Gasteiger partial charge in [-0.25, -0.2) is 4.98 Å². The molecule has 1 aromatic carbocycles. The van der Waals surface area contributed by atoms with Gasteiger partial charge in [0.15, 0.2) is 5.84 Å². The van der Waals surface area contributed by atoms with Crippen LogP contribution in [0.1, 0.15) is 30.9 Å². The maximum atomic E-state index is 9.23.